The number of rotatable bonds is 2. The molecule has 0 fully saturated rings. The highest BCUT2D eigenvalue weighted by Crippen LogP contribution is 2.22. The summed E-state index contributed by atoms with van der Waals surface area (Å²) in [6.45, 7) is 2.11. The van der Waals surface area contributed by atoms with E-state index in [1.165, 1.54) is 0 Å². The van der Waals surface area contributed by atoms with Gasteiger partial charge in [-0.15, -0.1) is 10.2 Å². The standard InChI is InChI=1S/C13H12N6/c1-2-5-10-16-17-13-15-12-11(18-19(10)13)8-6-3-4-7-9(8)14-12/h3-4,6-7H,2,5H2,1H3,(H,14,15,17). The van der Waals surface area contributed by atoms with Gasteiger partial charge in [-0.05, 0) is 12.5 Å². The van der Waals surface area contributed by atoms with Gasteiger partial charge in [-0.3, -0.25) is 0 Å². The summed E-state index contributed by atoms with van der Waals surface area (Å²) in [7, 11) is 0. The van der Waals surface area contributed by atoms with E-state index in [1.54, 1.807) is 4.52 Å². The highest BCUT2D eigenvalue weighted by molar-refractivity contribution is 6.03. The third kappa shape index (κ3) is 1.43. The molecule has 0 radical (unpaired) electrons. The minimum Gasteiger partial charge on any atom is -0.338 e. The molecule has 6 nitrogen and oxygen atoms in total. The molecule has 3 heterocycles. The monoisotopic (exact) mass is 252 g/mol. The molecule has 1 aromatic carbocycles. The molecule has 6 heteroatoms. The van der Waals surface area contributed by atoms with E-state index in [-0.39, 0.29) is 0 Å². The van der Waals surface area contributed by atoms with Gasteiger partial charge in [0, 0.05) is 17.3 Å². The number of H-pyrrole nitrogens is 1. The maximum absolute atomic E-state index is 4.64. The molecule has 0 aliphatic heterocycles. The van der Waals surface area contributed by atoms with Gasteiger partial charge in [-0.2, -0.15) is 14.6 Å². The van der Waals surface area contributed by atoms with Crippen molar-refractivity contribution in [3.05, 3.63) is 30.1 Å². The second-order valence-corrected chi connectivity index (χ2v) is 4.56. The van der Waals surface area contributed by atoms with Crippen molar-refractivity contribution in [3.63, 3.8) is 0 Å². The maximum Gasteiger partial charge on any atom is 0.273 e. The van der Waals surface area contributed by atoms with E-state index < -0.39 is 0 Å². The van der Waals surface area contributed by atoms with Gasteiger partial charge in [0.2, 0.25) is 0 Å². The summed E-state index contributed by atoms with van der Waals surface area (Å²) in [4.78, 5) is 7.75. The van der Waals surface area contributed by atoms with Crippen LogP contribution in [-0.2, 0) is 6.42 Å². The average Bonchev–Trinajstić information content (AvgIpc) is 2.98. The summed E-state index contributed by atoms with van der Waals surface area (Å²) < 4.78 is 1.74. The fraction of sp³-hybridized carbons (Fsp3) is 0.231. The molecule has 0 spiro atoms. The second kappa shape index (κ2) is 3.74. The fourth-order valence-corrected chi connectivity index (χ4v) is 2.35. The van der Waals surface area contributed by atoms with Crippen LogP contribution >= 0.6 is 0 Å². The van der Waals surface area contributed by atoms with E-state index in [2.05, 4.69) is 32.2 Å². The summed E-state index contributed by atoms with van der Waals surface area (Å²) in [5.74, 6) is 1.40. The van der Waals surface area contributed by atoms with Gasteiger partial charge >= 0.3 is 0 Å². The van der Waals surface area contributed by atoms with Crippen molar-refractivity contribution < 1.29 is 0 Å². The van der Waals surface area contributed by atoms with Crippen molar-refractivity contribution in [1.82, 2.24) is 29.8 Å². The van der Waals surface area contributed by atoms with E-state index >= 15 is 0 Å². The highest BCUT2D eigenvalue weighted by Gasteiger charge is 2.12. The fourth-order valence-electron chi connectivity index (χ4n) is 2.35. The van der Waals surface area contributed by atoms with Gasteiger partial charge < -0.3 is 4.98 Å². The predicted octanol–water partition coefficient (Wildman–Crippen LogP) is 2.11. The number of hydrogen-bond donors (Lipinski definition) is 1. The van der Waals surface area contributed by atoms with Crippen LogP contribution < -0.4 is 0 Å². The van der Waals surface area contributed by atoms with Crippen LogP contribution in [0.5, 0.6) is 0 Å². The first-order valence-electron chi connectivity index (χ1n) is 6.35. The van der Waals surface area contributed by atoms with Crippen LogP contribution in [0.3, 0.4) is 0 Å². The van der Waals surface area contributed by atoms with Crippen molar-refractivity contribution in [2.75, 3.05) is 0 Å². The number of hydrogen-bond acceptors (Lipinski definition) is 4. The Hall–Kier alpha value is -2.50. The molecule has 0 aliphatic rings. The Labute approximate surface area is 108 Å². The van der Waals surface area contributed by atoms with Crippen molar-refractivity contribution in [3.8, 4) is 0 Å². The van der Waals surface area contributed by atoms with Gasteiger partial charge in [0.15, 0.2) is 11.5 Å². The zero-order chi connectivity index (χ0) is 12.8. The lowest BCUT2D eigenvalue weighted by Gasteiger charge is -1.96. The molecule has 0 saturated heterocycles. The number of nitrogens with zero attached hydrogens (tertiary/aromatic N) is 5. The van der Waals surface area contributed by atoms with E-state index in [9.17, 15) is 0 Å². The third-order valence-electron chi connectivity index (χ3n) is 3.23. The molecule has 4 aromatic rings. The first-order valence-corrected chi connectivity index (χ1v) is 6.35. The summed E-state index contributed by atoms with van der Waals surface area (Å²) in [6, 6.07) is 8.05. The molecule has 0 saturated carbocycles. The lowest BCUT2D eigenvalue weighted by atomic mass is 10.2. The summed E-state index contributed by atoms with van der Waals surface area (Å²) in [5, 5.41) is 13.9. The van der Waals surface area contributed by atoms with Gasteiger partial charge in [0.05, 0.1) is 0 Å². The molecule has 1 N–H and O–H groups in total. The Kier molecular flexibility index (Phi) is 2.05. The number of aromatic nitrogens is 6. The third-order valence-corrected chi connectivity index (χ3v) is 3.23. The van der Waals surface area contributed by atoms with Gasteiger partial charge in [-0.1, -0.05) is 25.1 Å². The van der Waals surface area contributed by atoms with Gasteiger partial charge in [-0.25, -0.2) is 0 Å². The molecule has 0 aliphatic carbocycles. The van der Waals surface area contributed by atoms with Gasteiger partial charge in [0.25, 0.3) is 5.78 Å². The first-order chi connectivity index (χ1) is 9.36. The van der Waals surface area contributed by atoms with Crippen molar-refractivity contribution in [1.29, 1.82) is 0 Å². The second-order valence-electron chi connectivity index (χ2n) is 4.56. The van der Waals surface area contributed by atoms with Crippen molar-refractivity contribution >= 4 is 27.8 Å². The van der Waals surface area contributed by atoms with Crippen LogP contribution in [0.4, 0.5) is 0 Å². The molecule has 0 bridgehead atoms. The number of benzene rings is 1. The summed E-state index contributed by atoms with van der Waals surface area (Å²) in [5.41, 5.74) is 2.65. The molecule has 0 amide bonds. The maximum atomic E-state index is 4.64. The normalized spacial score (nSPS) is 11.8. The number of nitrogens with one attached hydrogen (secondary N) is 1. The number of aryl methyl sites for hydroxylation is 1. The van der Waals surface area contributed by atoms with Gasteiger partial charge in [0.1, 0.15) is 5.52 Å². The number of aromatic amines is 1. The molecule has 19 heavy (non-hydrogen) atoms. The SMILES string of the molecule is CCCc1nnc2nc3[nH]c4ccccc4c3nn12. The van der Waals surface area contributed by atoms with E-state index in [0.29, 0.717) is 5.78 Å². The summed E-state index contributed by atoms with van der Waals surface area (Å²) in [6.07, 6.45) is 1.86. The smallest absolute Gasteiger partial charge is 0.273 e. The minimum atomic E-state index is 0.544. The first kappa shape index (κ1) is 10.4. The average molecular weight is 252 g/mol. The number of fused-ring (bicyclic) bond motifs is 4. The van der Waals surface area contributed by atoms with Crippen LogP contribution in [0.1, 0.15) is 19.2 Å². The largest absolute Gasteiger partial charge is 0.338 e. The predicted molar refractivity (Wildman–Crippen MR) is 71.9 cm³/mol. The van der Waals surface area contributed by atoms with Crippen LogP contribution in [-0.4, -0.2) is 29.8 Å². The van der Waals surface area contributed by atoms with E-state index in [4.69, 9.17) is 0 Å². The molecule has 4 rings (SSSR count). The Morgan fingerprint density at radius 2 is 2.11 bits per heavy atom. The Balaban J connectivity index is 2.12. The zero-order valence-electron chi connectivity index (χ0n) is 10.5. The summed E-state index contributed by atoms with van der Waals surface area (Å²) >= 11 is 0. The van der Waals surface area contributed by atoms with Crippen LogP contribution in [0.25, 0.3) is 27.8 Å². The topological polar surface area (TPSA) is 71.8 Å². The molecular weight excluding hydrogens is 240 g/mol. The van der Waals surface area contributed by atoms with Crippen molar-refractivity contribution in [2.24, 2.45) is 0 Å². The number of para-hydroxylation sites is 1. The molecule has 0 atom stereocenters. The quantitative estimate of drug-likeness (QED) is 0.593. The molecule has 0 unspecified atom stereocenters. The van der Waals surface area contributed by atoms with Crippen LogP contribution in [0, 0.1) is 0 Å². The molecular formula is C13H12N6. The van der Waals surface area contributed by atoms with E-state index in [0.717, 1.165) is 40.7 Å². The van der Waals surface area contributed by atoms with E-state index in [1.807, 2.05) is 24.3 Å². The Morgan fingerprint density at radius 1 is 1.21 bits per heavy atom. The molecule has 94 valence electrons. The van der Waals surface area contributed by atoms with Crippen LogP contribution in [0.15, 0.2) is 24.3 Å². The Bertz CT molecular complexity index is 888. The lowest BCUT2D eigenvalue weighted by Crippen LogP contribution is -2.00. The van der Waals surface area contributed by atoms with Crippen molar-refractivity contribution in [2.45, 2.75) is 19.8 Å². The minimum absolute atomic E-state index is 0.544. The lowest BCUT2D eigenvalue weighted by molar-refractivity contribution is 0.775. The van der Waals surface area contributed by atoms with Crippen LogP contribution in [0.2, 0.25) is 0 Å². The zero-order valence-corrected chi connectivity index (χ0v) is 10.5. The molecule has 3 aromatic heterocycles. The Morgan fingerprint density at radius 3 is 3.00 bits per heavy atom. The highest BCUT2D eigenvalue weighted by atomic mass is 15.4.